The van der Waals surface area contributed by atoms with E-state index in [1.807, 2.05) is 6.08 Å². The molecule has 0 radical (unpaired) electrons. The van der Waals surface area contributed by atoms with Crippen LogP contribution in [0.3, 0.4) is 0 Å². The summed E-state index contributed by atoms with van der Waals surface area (Å²) in [6, 6.07) is 2.28. The van der Waals surface area contributed by atoms with Crippen LogP contribution in [0, 0.1) is 29.1 Å². The zero-order valence-electron chi connectivity index (χ0n) is 15.4. The molecular formula is C22H27N3O. The van der Waals surface area contributed by atoms with Crippen LogP contribution >= 0.6 is 0 Å². The van der Waals surface area contributed by atoms with Crippen molar-refractivity contribution in [2.45, 2.75) is 32.3 Å². The Hall–Kier alpha value is -2.25. The topological polar surface area (TPSA) is 57.1 Å². The molecule has 0 saturated carbocycles. The van der Waals surface area contributed by atoms with E-state index in [2.05, 4.69) is 54.1 Å². The van der Waals surface area contributed by atoms with E-state index in [0.717, 1.165) is 50.2 Å². The number of fused-ring (bicyclic) bond motifs is 1. The SMILES string of the molecule is CC1CNC=C2C(OC3CCNCC3)=CC(C3C=C(C#N)C=CC3)=CC21. The molecule has 136 valence electrons. The Morgan fingerprint density at radius 1 is 1.23 bits per heavy atom. The van der Waals surface area contributed by atoms with Crippen molar-refractivity contribution >= 4 is 0 Å². The van der Waals surface area contributed by atoms with Gasteiger partial charge in [0, 0.05) is 35.7 Å². The van der Waals surface area contributed by atoms with Crippen LogP contribution in [-0.4, -0.2) is 25.7 Å². The van der Waals surface area contributed by atoms with E-state index in [4.69, 9.17) is 4.74 Å². The predicted molar refractivity (Wildman–Crippen MR) is 103 cm³/mol. The molecule has 0 aromatic rings. The third-order valence-electron chi connectivity index (χ3n) is 5.83. The lowest BCUT2D eigenvalue weighted by atomic mass is 9.76. The van der Waals surface area contributed by atoms with E-state index in [0.29, 0.717) is 11.8 Å². The first-order valence-electron chi connectivity index (χ1n) is 9.77. The molecule has 1 saturated heterocycles. The van der Waals surface area contributed by atoms with E-state index in [-0.39, 0.29) is 12.0 Å². The molecule has 0 aromatic carbocycles. The molecule has 3 atom stereocenters. The number of nitrogens with zero attached hydrogens (tertiary/aromatic N) is 1. The van der Waals surface area contributed by atoms with Gasteiger partial charge in [0.2, 0.25) is 0 Å². The highest BCUT2D eigenvalue weighted by Gasteiger charge is 2.32. The highest BCUT2D eigenvalue weighted by molar-refractivity contribution is 5.48. The van der Waals surface area contributed by atoms with Gasteiger partial charge in [-0.3, -0.25) is 0 Å². The summed E-state index contributed by atoms with van der Waals surface area (Å²) in [5.74, 6) is 2.21. The second-order valence-electron chi connectivity index (χ2n) is 7.73. The Balaban J connectivity index is 1.64. The maximum atomic E-state index is 9.25. The number of nitrogens with one attached hydrogen (secondary N) is 2. The number of piperidine rings is 1. The van der Waals surface area contributed by atoms with Crippen LogP contribution in [0.2, 0.25) is 0 Å². The summed E-state index contributed by atoms with van der Waals surface area (Å²) >= 11 is 0. The lowest BCUT2D eigenvalue weighted by Gasteiger charge is -2.36. The lowest BCUT2D eigenvalue weighted by molar-refractivity contribution is 0.0888. The van der Waals surface area contributed by atoms with Crippen molar-refractivity contribution in [2.75, 3.05) is 19.6 Å². The van der Waals surface area contributed by atoms with Gasteiger partial charge in [-0.15, -0.1) is 0 Å². The Bertz CT molecular complexity index is 744. The monoisotopic (exact) mass is 349 g/mol. The van der Waals surface area contributed by atoms with Gasteiger partial charge in [0.1, 0.15) is 11.9 Å². The van der Waals surface area contributed by atoms with Crippen molar-refractivity contribution in [1.82, 2.24) is 10.6 Å². The van der Waals surface area contributed by atoms with Crippen molar-refractivity contribution in [3.8, 4) is 6.07 Å². The Labute approximate surface area is 156 Å². The van der Waals surface area contributed by atoms with Crippen molar-refractivity contribution in [2.24, 2.45) is 17.8 Å². The zero-order chi connectivity index (χ0) is 17.9. The standard InChI is InChI=1S/C22H27N3O/c1-15-13-25-14-21-20(15)10-18(17-4-2-3-16(9-17)12-23)11-22(21)26-19-5-7-24-8-6-19/h2-3,9-11,14-15,17,19-20,24-25H,4-8,13H2,1H3. The van der Waals surface area contributed by atoms with Gasteiger partial charge in [0.05, 0.1) is 6.07 Å². The molecule has 2 aliphatic carbocycles. The number of nitriles is 1. The fourth-order valence-corrected chi connectivity index (χ4v) is 4.28. The molecule has 2 N–H and O–H groups in total. The lowest BCUT2D eigenvalue weighted by Crippen LogP contribution is -2.35. The zero-order valence-corrected chi connectivity index (χ0v) is 15.4. The molecule has 1 fully saturated rings. The van der Waals surface area contributed by atoms with Crippen molar-refractivity contribution < 1.29 is 4.74 Å². The molecule has 0 bridgehead atoms. The van der Waals surface area contributed by atoms with Gasteiger partial charge in [0.15, 0.2) is 0 Å². The van der Waals surface area contributed by atoms with Crippen molar-refractivity contribution in [3.63, 3.8) is 0 Å². The van der Waals surface area contributed by atoms with Crippen LogP contribution in [-0.2, 0) is 4.74 Å². The smallest absolute Gasteiger partial charge is 0.125 e. The van der Waals surface area contributed by atoms with Gasteiger partial charge in [-0.25, -0.2) is 0 Å². The van der Waals surface area contributed by atoms with Crippen LogP contribution < -0.4 is 10.6 Å². The van der Waals surface area contributed by atoms with Gasteiger partial charge in [0.25, 0.3) is 0 Å². The second-order valence-corrected chi connectivity index (χ2v) is 7.73. The van der Waals surface area contributed by atoms with Crippen LogP contribution in [0.15, 0.2) is 59.1 Å². The van der Waals surface area contributed by atoms with E-state index in [1.54, 1.807) is 0 Å². The highest BCUT2D eigenvalue weighted by atomic mass is 16.5. The van der Waals surface area contributed by atoms with Crippen LogP contribution in [0.4, 0.5) is 0 Å². The summed E-state index contributed by atoms with van der Waals surface area (Å²) in [6.45, 7) is 5.34. The minimum atomic E-state index is 0.268. The minimum absolute atomic E-state index is 0.268. The van der Waals surface area contributed by atoms with Crippen LogP contribution in [0.5, 0.6) is 0 Å². The third kappa shape index (κ3) is 3.50. The molecule has 3 unspecified atom stereocenters. The Morgan fingerprint density at radius 3 is 2.88 bits per heavy atom. The molecule has 0 amide bonds. The summed E-state index contributed by atoms with van der Waals surface area (Å²) in [7, 11) is 0. The number of hydrogen-bond donors (Lipinski definition) is 2. The molecule has 2 aliphatic heterocycles. The Morgan fingerprint density at radius 2 is 2.08 bits per heavy atom. The summed E-state index contributed by atoms with van der Waals surface area (Å²) in [6.07, 6.45) is 16.3. The van der Waals surface area contributed by atoms with Gasteiger partial charge in [-0.05, 0) is 56.0 Å². The first kappa shape index (κ1) is 17.2. The van der Waals surface area contributed by atoms with E-state index in [9.17, 15) is 5.26 Å². The van der Waals surface area contributed by atoms with Crippen molar-refractivity contribution in [1.29, 1.82) is 5.26 Å². The maximum Gasteiger partial charge on any atom is 0.125 e. The fourth-order valence-electron chi connectivity index (χ4n) is 4.28. The van der Waals surface area contributed by atoms with Crippen molar-refractivity contribution in [3.05, 3.63) is 59.1 Å². The number of hydrogen-bond acceptors (Lipinski definition) is 4. The summed E-state index contributed by atoms with van der Waals surface area (Å²) in [5, 5.41) is 16.1. The predicted octanol–water partition coefficient (Wildman–Crippen LogP) is 3.34. The minimum Gasteiger partial charge on any atom is -0.490 e. The first-order valence-corrected chi connectivity index (χ1v) is 9.77. The molecular weight excluding hydrogens is 322 g/mol. The largest absolute Gasteiger partial charge is 0.490 e. The van der Waals surface area contributed by atoms with E-state index < -0.39 is 0 Å². The molecule has 26 heavy (non-hydrogen) atoms. The van der Waals surface area contributed by atoms with Crippen LogP contribution in [0.25, 0.3) is 0 Å². The molecule has 0 aromatic heterocycles. The van der Waals surface area contributed by atoms with Gasteiger partial charge < -0.3 is 15.4 Å². The number of rotatable bonds is 3. The van der Waals surface area contributed by atoms with Gasteiger partial charge in [-0.1, -0.05) is 25.2 Å². The quantitative estimate of drug-likeness (QED) is 0.820. The van der Waals surface area contributed by atoms with Gasteiger partial charge >= 0.3 is 0 Å². The highest BCUT2D eigenvalue weighted by Crippen LogP contribution is 2.40. The van der Waals surface area contributed by atoms with E-state index in [1.165, 1.54) is 11.1 Å². The number of ether oxygens (including phenoxy) is 1. The summed E-state index contributed by atoms with van der Waals surface area (Å²) in [5.41, 5.74) is 3.33. The summed E-state index contributed by atoms with van der Waals surface area (Å²) in [4.78, 5) is 0. The maximum absolute atomic E-state index is 9.25. The molecule has 4 aliphatic rings. The third-order valence-corrected chi connectivity index (χ3v) is 5.83. The average molecular weight is 349 g/mol. The molecule has 4 nitrogen and oxygen atoms in total. The molecule has 4 heteroatoms. The Kier molecular flexibility index (Phi) is 4.99. The van der Waals surface area contributed by atoms with E-state index >= 15 is 0 Å². The summed E-state index contributed by atoms with van der Waals surface area (Å²) < 4.78 is 6.49. The van der Waals surface area contributed by atoms with Gasteiger partial charge in [-0.2, -0.15) is 5.26 Å². The fraction of sp³-hybridized carbons (Fsp3) is 0.500. The average Bonchev–Trinajstić information content (AvgIpc) is 2.69. The second kappa shape index (κ2) is 7.55. The number of allylic oxidation sites excluding steroid dienone is 8. The molecule has 4 rings (SSSR count). The first-order chi connectivity index (χ1) is 12.7. The normalized spacial score (nSPS) is 31.5. The molecule has 0 spiro atoms. The molecule has 2 heterocycles. The van der Waals surface area contributed by atoms with Crippen LogP contribution in [0.1, 0.15) is 26.2 Å².